The average Bonchev–Trinajstić information content (AvgIpc) is 3.20. The molecule has 0 aliphatic rings. The third-order valence-electron chi connectivity index (χ3n) is 4.13. The number of para-hydroxylation sites is 1. The first-order valence-corrected chi connectivity index (χ1v) is 10.8. The van der Waals surface area contributed by atoms with Gasteiger partial charge in [0, 0.05) is 10.7 Å². The molecule has 0 fully saturated rings. The van der Waals surface area contributed by atoms with Crippen LogP contribution in [0.25, 0.3) is 17.1 Å². The SMILES string of the molecule is CCOC(=O)CNC(=O)CSc1nnc(-c2ccccc2OC)n1-c1ccc(Cl)cc1. The number of aromatic nitrogens is 3. The molecule has 3 rings (SSSR count). The van der Waals surface area contributed by atoms with Gasteiger partial charge in [0.05, 0.1) is 25.0 Å². The van der Waals surface area contributed by atoms with Crippen LogP contribution in [0.5, 0.6) is 5.75 Å². The molecule has 0 saturated heterocycles. The number of rotatable bonds is 9. The third-order valence-corrected chi connectivity index (χ3v) is 5.31. The zero-order valence-electron chi connectivity index (χ0n) is 17.0. The van der Waals surface area contributed by atoms with Crippen LogP contribution < -0.4 is 10.1 Å². The number of hydrogen-bond donors (Lipinski definition) is 1. The number of carbonyl (C=O) groups excluding carboxylic acids is 2. The zero-order valence-corrected chi connectivity index (χ0v) is 18.6. The monoisotopic (exact) mass is 460 g/mol. The van der Waals surface area contributed by atoms with E-state index in [9.17, 15) is 9.59 Å². The number of esters is 1. The second kappa shape index (κ2) is 10.8. The van der Waals surface area contributed by atoms with Crippen molar-refractivity contribution in [2.24, 2.45) is 0 Å². The fraction of sp³-hybridized carbons (Fsp3) is 0.238. The van der Waals surface area contributed by atoms with Gasteiger partial charge in [0.1, 0.15) is 12.3 Å². The summed E-state index contributed by atoms with van der Waals surface area (Å²) in [6, 6.07) is 14.7. The van der Waals surface area contributed by atoms with Crippen LogP contribution in [0.4, 0.5) is 0 Å². The molecule has 0 atom stereocenters. The Kier molecular flexibility index (Phi) is 7.91. The first kappa shape index (κ1) is 22.6. The predicted molar refractivity (Wildman–Crippen MR) is 119 cm³/mol. The van der Waals surface area contributed by atoms with Crippen molar-refractivity contribution in [3.05, 3.63) is 53.6 Å². The number of ether oxygens (including phenoxy) is 2. The number of thioether (sulfide) groups is 1. The molecule has 1 amide bonds. The van der Waals surface area contributed by atoms with Crippen LogP contribution in [0, 0.1) is 0 Å². The number of carbonyl (C=O) groups is 2. The fourth-order valence-corrected chi connectivity index (χ4v) is 3.66. The van der Waals surface area contributed by atoms with E-state index in [2.05, 4.69) is 15.5 Å². The lowest BCUT2D eigenvalue weighted by atomic mass is 10.2. The quantitative estimate of drug-likeness (QED) is 0.386. The number of halogens is 1. The van der Waals surface area contributed by atoms with E-state index >= 15 is 0 Å². The normalized spacial score (nSPS) is 10.5. The molecule has 31 heavy (non-hydrogen) atoms. The Morgan fingerprint density at radius 2 is 1.87 bits per heavy atom. The predicted octanol–water partition coefficient (Wildman–Crippen LogP) is 3.37. The molecule has 10 heteroatoms. The Bertz CT molecular complexity index is 1060. The summed E-state index contributed by atoms with van der Waals surface area (Å²) in [6.45, 7) is 1.79. The highest BCUT2D eigenvalue weighted by atomic mass is 35.5. The van der Waals surface area contributed by atoms with Crippen LogP contribution >= 0.6 is 23.4 Å². The van der Waals surface area contributed by atoms with E-state index in [1.54, 1.807) is 26.2 Å². The van der Waals surface area contributed by atoms with Crippen molar-refractivity contribution in [2.45, 2.75) is 12.1 Å². The summed E-state index contributed by atoms with van der Waals surface area (Å²) in [5.41, 5.74) is 1.54. The number of nitrogens with zero attached hydrogens (tertiary/aromatic N) is 3. The minimum atomic E-state index is -0.483. The Hall–Kier alpha value is -3.04. The molecule has 0 aliphatic carbocycles. The summed E-state index contributed by atoms with van der Waals surface area (Å²) in [7, 11) is 1.59. The van der Waals surface area contributed by atoms with Crippen molar-refractivity contribution in [2.75, 3.05) is 26.0 Å². The van der Waals surface area contributed by atoms with Gasteiger partial charge in [0.15, 0.2) is 11.0 Å². The van der Waals surface area contributed by atoms with Crippen molar-refractivity contribution < 1.29 is 19.1 Å². The number of benzene rings is 2. The molecule has 1 heterocycles. The molecule has 0 unspecified atom stereocenters. The van der Waals surface area contributed by atoms with Crippen LogP contribution in [-0.4, -0.2) is 52.7 Å². The summed E-state index contributed by atoms with van der Waals surface area (Å²) in [6.07, 6.45) is 0. The smallest absolute Gasteiger partial charge is 0.325 e. The van der Waals surface area contributed by atoms with Crippen LogP contribution in [0.2, 0.25) is 5.02 Å². The number of amides is 1. The minimum Gasteiger partial charge on any atom is -0.496 e. The average molecular weight is 461 g/mol. The van der Waals surface area contributed by atoms with Gasteiger partial charge in [-0.15, -0.1) is 10.2 Å². The van der Waals surface area contributed by atoms with Crippen molar-refractivity contribution in [1.29, 1.82) is 0 Å². The van der Waals surface area contributed by atoms with E-state index in [1.807, 2.05) is 41.0 Å². The highest BCUT2D eigenvalue weighted by Gasteiger charge is 2.20. The summed E-state index contributed by atoms with van der Waals surface area (Å²) < 4.78 is 12.1. The van der Waals surface area contributed by atoms with E-state index in [0.29, 0.717) is 21.8 Å². The molecule has 3 aromatic rings. The van der Waals surface area contributed by atoms with Crippen molar-refractivity contribution >= 4 is 35.2 Å². The Morgan fingerprint density at radius 1 is 1.13 bits per heavy atom. The number of nitrogens with one attached hydrogen (secondary N) is 1. The van der Waals surface area contributed by atoms with Crippen LogP contribution in [0.15, 0.2) is 53.7 Å². The number of hydrogen-bond acceptors (Lipinski definition) is 7. The fourth-order valence-electron chi connectivity index (χ4n) is 2.75. The molecule has 0 aliphatic heterocycles. The topological polar surface area (TPSA) is 95.3 Å². The van der Waals surface area contributed by atoms with E-state index in [0.717, 1.165) is 11.3 Å². The molecule has 0 radical (unpaired) electrons. The summed E-state index contributed by atoms with van der Waals surface area (Å²) in [4.78, 5) is 23.6. The molecule has 0 bridgehead atoms. The van der Waals surface area contributed by atoms with Crippen molar-refractivity contribution in [3.63, 3.8) is 0 Å². The summed E-state index contributed by atoms with van der Waals surface area (Å²) in [5, 5.41) is 12.3. The van der Waals surface area contributed by atoms with Gasteiger partial charge in [0.2, 0.25) is 5.91 Å². The van der Waals surface area contributed by atoms with Gasteiger partial charge in [-0.1, -0.05) is 35.5 Å². The molecule has 0 spiro atoms. The molecule has 1 N–H and O–H groups in total. The lowest BCUT2D eigenvalue weighted by Gasteiger charge is -2.12. The van der Waals surface area contributed by atoms with E-state index < -0.39 is 5.97 Å². The highest BCUT2D eigenvalue weighted by molar-refractivity contribution is 7.99. The van der Waals surface area contributed by atoms with Gasteiger partial charge in [-0.3, -0.25) is 14.2 Å². The van der Waals surface area contributed by atoms with E-state index in [4.69, 9.17) is 21.1 Å². The second-order valence-corrected chi connectivity index (χ2v) is 7.57. The largest absolute Gasteiger partial charge is 0.496 e. The minimum absolute atomic E-state index is 0.0526. The molecule has 2 aromatic carbocycles. The highest BCUT2D eigenvalue weighted by Crippen LogP contribution is 2.33. The first-order valence-electron chi connectivity index (χ1n) is 9.43. The molecule has 1 aromatic heterocycles. The number of methoxy groups -OCH3 is 1. The van der Waals surface area contributed by atoms with Gasteiger partial charge in [-0.2, -0.15) is 0 Å². The van der Waals surface area contributed by atoms with Gasteiger partial charge in [-0.05, 0) is 43.3 Å². The standard InChI is InChI=1S/C21H21ClN4O4S/c1-3-30-19(28)12-23-18(27)13-31-21-25-24-20(16-6-4-5-7-17(16)29-2)26(21)15-10-8-14(22)9-11-15/h4-11H,3,12-13H2,1-2H3,(H,23,27). The first-order chi connectivity index (χ1) is 15.0. The van der Waals surface area contributed by atoms with E-state index in [-0.39, 0.29) is 24.8 Å². The Morgan fingerprint density at radius 3 is 2.58 bits per heavy atom. The van der Waals surface area contributed by atoms with Gasteiger partial charge < -0.3 is 14.8 Å². The van der Waals surface area contributed by atoms with Crippen LogP contribution in [0.1, 0.15) is 6.92 Å². The Balaban J connectivity index is 1.87. The maximum atomic E-state index is 12.2. The van der Waals surface area contributed by atoms with Gasteiger partial charge in [-0.25, -0.2) is 0 Å². The lowest BCUT2D eigenvalue weighted by molar-refractivity contribution is -0.143. The van der Waals surface area contributed by atoms with Gasteiger partial charge in [0.25, 0.3) is 0 Å². The Labute approximate surface area is 188 Å². The van der Waals surface area contributed by atoms with Crippen LogP contribution in [0.3, 0.4) is 0 Å². The van der Waals surface area contributed by atoms with Crippen LogP contribution in [-0.2, 0) is 14.3 Å². The molecular weight excluding hydrogens is 440 g/mol. The summed E-state index contributed by atoms with van der Waals surface area (Å²) in [5.74, 6) is 0.464. The molecule has 8 nitrogen and oxygen atoms in total. The van der Waals surface area contributed by atoms with E-state index in [1.165, 1.54) is 11.8 Å². The van der Waals surface area contributed by atoms with Crippen molar-refractivity contribution in [1.82, 2.24) is 20.1 Å². The zero-order chi connectivity index (χ0) is 22.2. The molecule has 162 valence electrons. The van der Waals surface area contributed by atoms with Gasteiger partial charge >= 0.3 is 5.97 Å². The molecular formula is C21H21ClN4O4S. The third kappa shape index (κ3) is 5.77. The maximum absolute atomic E-state index is 12.2. The molecule has 0 saturated carbocycles. The lowest BCUT2D eigenvalue weighted by Crippen LogP contribution is -2.31. The van der Waals surface area contributed by atoms with Crippen molar-refractivity contribution in [3.8, 4) is 22.8 Å². The summed E-state index contributed by atoms with van der Waals surface area (Å²) >= 11 is 7.25. The maximum Gasteiger partial charge on any atom is 0.325 e. The second-order valence-electron chi connectivity index (χ2n) is 6.19.